The zero-order chi connectivity index (χ0) is 41.6. The van der Waals surface area contributed by atoms with Gasteiger partial charge in [-0.05, 0) is 125 Å². The van der Waals surface area contributed by atoms with Crippen LogP contribution >= 0.6 is 0 Å². The molecule has 1 heteroatoms. The number of allylic oxidation sites excluding steroid dienone is 4. The first kappa shape index (κ1) is 37.0. The maximum atomic E-state index is 4.22. The van der Waals surface area contributed by atoms with Crippen molar-refractivity contribution in [3.05, 3.63) is 278 Å². The summed E-state index contributed by atoms with van der Waals surface area (Å²) in [5, 5.41) is 0. The van der Waals surface area contributed by atoms with Crippen LogP contribution < -0.4 is 4.90 Å². The molecule has 0 heterocycles. The summed E-state index contributed by atoms with van der Waals surface area (Å²) in [7, 11) is 0. The minimum atomic E-state index is -0.457. The number of benzene rings is 9. The highest BCUT2D eigenvalue weighted by molar-refractivity contribution is 5.97. The van der Waals surface area contributed by atoms with Gasteiger partial charge in [-0.25, -0.2) is 0 Å². The lowest BCUT2D eigenvalue weighted by Crippen LogP contribution is -2.26. The van der Waals surface area contributed by atoms with E-state index in [1.54, 1.807) is 0 Å². The van der Waals surface area contributed by atoms with Crippen molar-refractivity contribution in [3.8, 4) is 55.6 Å². The Bertz CT molecular complexity index is 3120. The van der Waals surface area contributed by atoms with E-state index < -0.39 is 5.41 Å². The molecule has 0 aliphatic heterocycles. The van der Waals surface area contributed by atoms with Crippen molar-refractivity contribution in [3.63, 3.8) is 0 Å². The molecule has 0 unspecified atom stereocenters. The highest BCUT2D eigenvalue weighted by Gasteiger charge is 2.51. The van der Waals surface area contributed by atoms with Crippen LogP contribution in [0.25, 0.3) is 61.2 Å². The van der Waals surface area contributed by atoms with Gasteiger partial charge in [0.15, 0.2) is 0 Å². The Kier molecular flexibility index (Phi) is 9.10. The Morgan fingerprint density at radius 1 is 0.355 bits per heavy atom. The number of rotatable bonds is 9. The first-order valence-electron chi connectivity index (χ1n) is 21.3. The van der Waals surface area contributed by atoms with E-state index in [0.29, 0.717) is 0 Å². The van der Waals surface area contributed by atoms with E-state index >= 15 is 0 Å². The quantitative estimate of drug-likeness (QED) is 0.132. The standard InChI is InChI=1S/C61H43N/c1-3-17-42(4-2)51-38-36-49(40-56(51)47-30-28-45(29-31-47)43-18-7-5-8-19-43)62(48-34-32-46(33-35-48)44-20-9-6-10-21-44)50-37-39-55-54-24-13-16-27-59(54)61(60(55)41-50)57-25-14-11-22-52(57)53-23-12-15-26-58(53)61/h3-41H,1-2H2/b42-17+. The van der Waals surface area contributed by atoms with Crippen LogP contribution in [0, 0.1) is 0 Å². The van der Waals surface area contributed by atoms with E-state index in [1.807, 2.05) is 18.2 Å². The molecule has 2 aliphatic rings. The Morgan fingerprint density at radius 2 is 0.774 bits per heavy atom. The minimum absolute atomic E-state index is 0.457. The van der Waals surface area contributed by atoms with Gasteiger partial charge in [0.2, 0.25) is 0 Å². The second-order valence-electron chi connectivity index (χ2n) is 16.1. The summed E-state index contributed by atoms with van der Waals surface area (Å²) in [6.45, 7) is 8.27. The van der Waals surface area contributed by atoms with Crippen molar-refractivity contribution in [2.45, 2.75) is 5.41 Å². The van der Waals surface area contributed by atoms with Gasteiger partial charge in [-0.15, -0.1) is 0 Å². The Morgan fingerprint density at radius 3 is 1.31 bits per heavy atom. The molecule has 11 rings (SSSR count). The topological polar surface area (TPSA) is 3.24 Å². The van der Waals surface area contributed by atoms with E-state index in [2.05, 4.69) is 236 Å². The molecular weight excluding hydrogens is 747 g/mol. The van der Waals surface area contributed by atoms with E-state index in [9.17, 15) is 0 Å². The Balaban J connectivity index is 1.14. The van der Waals surface area contributed by atoms with Gasteiger partial charge < -0.3 is 4.90 Å². The predicted molar refractivity (Wildman–Crippen MR) is 262 cm³/mol. The molecule has 0 atom stereocenters. The number of nitrogens with zero attached hydrogens (tertiary/aromatic N) is 1. The normalized spacial score (nSPS) is 12.9. The maximum absolute atomic E-state index is 4.22. The van der Waals surface area contributed by atoms with Crippen LogP contribution in [0.2, 0.25) is 0 Å². The Hall–Kier alpha value is -8.00. The molecule has 0 amide bonds. The molecule has 0 fully saturated rings. The highest BCUT2D eigenvalue weighted by atomic mass is 15.1. The van der Waals surface area contributed by atoms with Gasteiger partial charge in [-0.1, -0.05) is 213 Å². The van der Waals surface area contributed by atoms with Gasteiger partial charge in [0.1, 0.15) is 0 Å². The second-order valence-corrected chi connectivity index (χ2v) is 16.1. The average Bonchev–Trinajstić information content (AvgIpc) is 3.81. The smallest absolute Gasteiger partial charge is 0.0726 e. The summed E-state index contributed by atoms with van der Waals surface area (Å²) in [5.74, 6) is 0. The predicted octanol–water partition coefficient (Wildman–Crippen LogP) is 16.3. The SMILES string of the molecule is C=C/C=C(\C=C)c1ccc(N(c2ccc(-c3ccccc3)cc2)c2ccc3c(c2)C2(c4ccccc4-c4ccccc42)c2ccccc2-3)cc1-c1ccc(-c2ccccc2)cc1. The number of fused-ring (bicyclic) bond motifs is 10. The zero-order valence-corrected chi connectivity index (χ0v) is 34.4. The molecule has 292 valence electrons. The van der Waals surface area contributed by atoms with E-state index in [1.165, 1.54) is 66.8 Å². The molecule has 9 aromatic rings. The molecule has 9 aromatic carbocycles. The molecule has 1 spiro atoms. The third kappa shape index (κ3) is 5.85. The van der Waals surface area contributed by atoms with E-state index in [0.717, 1.165) is 39.3 Å². The number of hydrogen-bond acceptors (Lipinski definition) is 1. The molecular formula is C61H43N. The fourth-order valence-electron chi connectivity index (χ4n) is 10.1. The molecule has 0 aromatic heterocycles. The van der Waals surface area contributed by atoms with Gasteiger partial charge in [-0.2, -0.15) is 0 Å². The molecule has 2 aliphatic carbocycles. The molecule has 0 radical (unpaired) electrons. The first-order valence-corrected chi connectivity index (χ1v) is 21.3. The summed E-state index contributed by atoms with van der Waals surface area (Å²) >= 11 is 0. The number of hydrogen-bond donors (Lipinski definition) is 0. The van der Waals surface area contributed by atoms with Gasteiger partial charge in [0.05, 0.1) is 5.41 Å². The Labute approximate surface area is 364 Å². The first-order chi connectivity index (χ1) is 30.7. The summed E-state index contributed by atoms with van der Waals surface area (Å²) < 4.78 is 0. The summed E-state index contributed by atoms with van der Waals surface area (Å²) in [5.41, 5.74) is 22.3. The fraction of sp³-hybridized carbons (Fsp3) is 0.0164. The van der Waals surface area contributed by atoms with Crippen molar-refractivity contribution in [1.29, 1.82) is 0 Å². The van der Waals surface area contributed by atoms with Gasteiger partial charge in [-0.3, -0.25) is 0 Å². The largest absolute Gasteiger partial charge is 0.310 e. The van der Waals surface area contributed by atoms with Crippen LogP contribution in [-0.2, 0) is 5.41 Å². The molecule has 62 heavy (non-hydrogen) atoms. The summed E-state index contributed by atoms with van der Waals surface area (Å²) in [4.78, 5) is 2.43. The molecule has 0 saturated carbocycles. The van der Waals surface area contributed by atoms with Crippen LogP contribution in [0.1, 0.15) is 27.8 Å². The van der Waals surface area contributed by atoms with Crippen LogP contribution in [0.15, 0.2) is 250 Å². The molecule has 1 nitrogen and oxygen atoms in total. The second kappa shape index (κ2) is 15.2. The summed E-state index contributed by atoms with van der Waals surface area (Å²) in [6.07, 6.45) is 5.80. The van der Waals surface area contributed by atoms with Gasteiger partial charge in [0.25, 0.3) is 0 Å². The zero-order valence-electron chi connectivity index (χ0n) is 34.4. The van der Waals surface area contributed by atoms with Gasteiger partial charge in [0, 0.05) is 17.1 Å². The number of anilines is 3. The maximum Gasteiger partial charge on any atom is 0.0726 e. The van der Waals surface area contributed by atoms with Crippen LogP contribution in [0.5, 0.6) is 0 Å². The van der Waals surface area contributed by atoms with Crippen molar-refractivity contribution in [2.24, 2.45) is 0 Å². The molecule has 0 N–H and O–H groups in total. The van der Waals surface area contributed by atoms with Crippen molar-refractivity contribution in [2.75, 3.05) is 4.90 Å². The van der Waals surface area contributed by atoms with Crippen molar-refractivity contribution in [1.82, 2.24) is 0 Å². The fourth-order valence-corrected chi connectivity index (χ4v) is 10.1. The van der Waals surface area contributed by atoms with Gasteiger partial charge >= 0.3 is 0 Å². The third-order valence-corrected chi connectivity index (χ3v) is 12.9. The monoisotopic (exact) mass is 789 g/mol. The van der Waals surface area contributed by atoms with Crippen LogP contribution in [0.4, 0.5) is 17.1 Å². The van der Waals surface area contributed by atoms with E-state index in [4.69, 9.17) is 0 Å². The lowest BCUT2D eigenvalue weighted by molar-refractivity contribution is 0.793. The van der Waals surface area contributed by atoms with E-state index in [-0.39, 0.29) is 0 Å². The third-order valence-electron chi connectivity index (χ3n) is 12.9. The summed E-state index contributed by atoms with van der Waals surface area (Å²) in [6, 6.07) is 80.1. The average molecular weight is 790 g/mol. The van der Waals surface area contributed by atoms with Crippen molar-refractivity contribution < 1.29 is 0 Å². The van der Waals surface area contributed by atoms with Crippen molar-refractivity contribution >= 4 is 22.6 Å². The van der Waals surface area contributed by atoms with Crippen LogP contribution in [-0.4, -0.2) is 0 Å². The minimum Gasteiger partial charge on any atom is -0.310 e. The highest BCUT2D eigenvalue weighted by Crippen LogP contribution is 2.63. The molecule has 0 saturated heterocycles. The lowest BCUT2D eigenvalue weighted by atomic mass is 9.70. The molecule has 0 bridgehead atoms. The van der Waals surface area contributed by atoms with Crippen LogP contribution in [0.3, 0.4) is 0 Å². The lowest BCUT2D eigenvalue weighted by Gasteiger charge is -2.32.